The summed E-state index contributed by atoms with van der Waals surface area (Å²) >= 11 is 0. The zero-order chi connectivity index (χ0) is 13.8. The van der Waals surface area contributed by atoms with Crippen LogP contribution in [0.2, 0.25) is 0 Å². The molecule has 19 heavy (non-hydrogen) atoms. The first-order valence-electron chi connectivity index (χ1n) is 6.66. The first-order valence-corrected chi connectivity index (χ1v) is 6.66. The van der Waals surface area contributed by atoms with E-state index in [0.717, 1.165) is 24.1 Å². The Balaban J connectivity index is 2.17. The topological polar surface area (TPSA) is 64.4 Å². The summed E-state index contributed by atoms with van der Waals surface area (Å²) in [5, 5.41) is 14.2. The van der Waals surface area contributed by atoms with Crippen molar-refractivity contribution in [1.82, 2.24) is 0 Å². The van der Waals surface area contributed by atoms with Gasteiger partial charge in [0.25, 0.3) is 5.69 Å². The van der Waals surface area contributed by atoms with Crippen molar-refractivity contribution < 1.29 is 9.66 Å². The highest BCUT2D eigenvalue weighted by molar-refractivity contribution is 5.57. The molecule has 0 aromatic heterocycles. The van der Waals surface area contributed by atoms with Gasteiger partial charge in [0, 0.05) is 24.9 Å². The van der Waals surface area contributed by atoms with E-state index >= 15 is 0 Å². The fourth-order valence-electron chi connectivity index (χ4n) is 2.62. The number of nitro groups is 1. The van der Waals surface area contributed by atoms with E-state index < -0.39 is 0 Å². The van der Waals surface area contributed by atoms with Gasteiger partial charge in [-0.1, -0.05) is 18.9 Å². The number of methoxy groups -OCH3 is 1. The summed E-state index contributed by atoms with van der Waals surface area (Å²) in [5.74, 6) is 0. The van der Waals surface area contributed by atoms with Crippen LogP contribution in [-0.4, -0.2) is 24.2 Å². The molecule has 104 valence electrons. The summed E-state index contributed by atoms with van der Waals surface area (Å²) in [5.41, 5.74) is 1.98. The van der Waals surface area contributed by atoms with Gasteiger partial charge in [0.15, 0.2) is 0 Å². The van der Waals surface area contributed by atoms with Crippen LogP contribution in [0.4, 0.5) is 11.4 Å². The molecule has 1 aromatic carbocycles. The highest BCUT2D eigenvalue weighted by Gasteiger charge is 2.25. The molecule has 1 N–H and O–H groups in total. The van der Waals surface area contributed by atoms with Crippen LogP contribution in [0.5, 0.6) is 0 Å². The molecule has 2 atom stereocenters. The van der Waals surface area contributed by atoms with Crippen molar-refractivity contribution in [3.63, 3.8) is 0 Å². The van der Waals surface area contributed by atoms with Gasteiger partial charge in [-0.2, -0.15) is 0 Å². The Hall–Kier alpha value is -1.62. The fourth-order valence-corrected chi connectivity index (χ4v) is 2.62. The molecular formula is C14H20N2O3. The van der Waals surface area contributed by atoms with Gasteiger partial charge in [-0.15, -0.1) is 0 Å². The molecule has 1 aromatic rings. The standard InChI is InChI=1S/C14H20N2O3/c1-10-7-8-11(16(17)18)9-13(10)15-12-5-3-4-6-14(12)19-2/h7-9,12,14-15H,3-6H2,1-2H3. The van der Waals surface area contributed by atoms with Gasteiger partial charge in [-0.3, -0.25) is 10.1 Å². The molecule has 5 nitrogen and oxygen atoms in total. The number of benzene rings is 1. The number of anilines is 1. The molecule has 0 radical (unpaired) electrons. The molecule has 1 fully saturated rings. The minimum atomic E-state index is -0.362. The minimum absolute atomic E-state index is 0.123. The molecule has 0 aliphatic heterocycles. The summed E-state index contributed by atoms with van der Waals surface area (Å²) in [6.45, 7) is 1.96. The van der Waals surface area contributed by atoms with Crippen LogP contribution in [0, 0.1) is 17.0 Å². The Labute approximate surface area is 113 Å². The highest BCUT2D eigenvalue weighted by Crippen LogP contribution is 2.27. The number of ether oxygens (including phenoxy) is 1. The molecule has 0 heterocycles. The highest BCUT2D eigenvalue weighted by atomic mass is 16.6. The van der Waals surface area contributed by atoms with Crippen molar-refractivity contribution in [1.29, 1.82) is 0 Å². The van der Waals surface area contributed by atoms with Crippen LogP contribution in [0.25, 0.3) is 0 Å². The van der Waals surface area contributed by atoms with E-state index in [4.69, 9.17) is 4.74 Å². The average Bonchev–Trinajstić information content (AvgIpc) is 2.41. The summed E-state index contributed by atoms with van der Waals surface area (Å²) in [6, 6.07) is 5.16. The zero-order valence-electron chi connectivity index (χ0n) is 11.4. The Morgan fingerprint density at radius 2 is 2.11 bits per heavy atom. The number of hydrogen-bond donors (Lipinski definition) is 1. The number of nitrogens with zero attached hydrogens (tertiary/aromatic N) is 1. The number of aryl methyl sites for hydroxylation is 1. The number of hydrogen-bond acceptors (Lipinski definition) is 4. The van der Waals surface area contributed by atoms with Crippen molar-refractivity contribution in [3.05, 3.63) is 33.9 Å². The summed E-state index contributed by atoms with van der Waals surface area (Å²) in [7, 11) is 1.73. The zero-order valence-corrected chi connectivity index (χ0v) is 11.4. The van der Waals surface area contributed by atoms with Crippen molar-refractivity contribution in [2.24, 2.45) is 0 Å². The van der Waals surface area contributed by atoms with Gasteiger partial charge in [0.2, 0.25) is 0 Å². The molecule has 0 bridgehead atoms. The second-order valence-corrected chi connectivity index (χ2v) is 5.07. The molecule has 0 amide bonds. The van der Waals surface area contributed by atoms with Crippen LogP contribution in [-0.2, 0) is 4.74 Å². The number of nitrogens with one attached hydrogen (secondary N) is 1. The Kier molecular flexibility index (Phi) is 4.37. The van der Waals surface area contributed by atoms with Gasteiger partial charge in [-0.25, -0.2) is 0 Å². The Morgan fingerprint density at radius 3 is 2.79 bits per heavy atom. The van der Waals surface area contributed by atoms with E-state index in [1.807, 2.05) is 6.92 Å². The molecule has 0 saturated heterocycles. The van der Waals surface area contributed by atoms with Crippen molar-refractivity contribution >= 4 is 11.4 Å². The summed E-state index contributed by atoms with van der Waals surface area (Å²) in [4.78, 5) is 10.5. The molecule has 0 spiro atoms. The first kappa shape index (κ1) is 13.8. The number of nitro benzene ring substituents is 1. The lowest BCUT2D eigenvalue weighted by Gasteiger charge is -2.32. The lowest BCUT2D eigenvalue weighted by atomic mass is 9.92. The maximum Gasteiger partial charge on any atom is 0.271 e. The van der Waals surface area contributed by atoms with Gasteiger partial charge in [0.1, 0.15) is 0 Å². The largest absolute Gasteiger partial charge is 0.379 e. The second kappa shape index (κ2) is 6.02. The van der Waals surface area contributed by atoms with E-state index in [0.29, 0.717) is 0 Å². The monoisotopic (exact) mass is 264 g/mol. The van der Waals surface area contributed by atoms with Crippen LogP contribution in [0.3, 0.4) is 0 Å². The number of non-ortho nitro benzene ring substituents is 1. The smallest absolute Gasteiger partial charge is 0.271 e. The number of rotatable bonds is 4. The maximum atomic E-state index is 10.8. The van der Waals surface area contributed by atoms with Gasteiger partial charge in [0.05, 0.1) is 17.1 Å². The molecule has 5 heteroatoms. The van der Waals surface area contributed by atoms with Crippen LogP contribution in [0.1, 0.15) is 31.2 Å². The van der Waals surface area contributed by atoms with Gasteiger partial charge < -0.3 is 10.1 Å². The molecule has 2 rings (SSSR count). The predicted molar refractivity (Wildman–Crippen MR) is 74.5 cm³/mol. The van der Waals surface area contributed by atoms with E-state index in [-0.39, 0.29) is 22.8 Å². The predicted octanol–water partition coefficient (Wildman–Crippen LogP) is 3.27. The molecule has 1 aliphatic rings. The van der Waals surface area contributed by atoms with Crippen molar-refractivity contribution in [2.75, 3.05) is 12.4 Å². The third-order valence-electron chi connectivity index (χ3n) is 3.78. The van der Waals surface area contributed by atoms with Crippen molar-refractivity contribution in [2.45, 2.75) is 44.8 Å². The summed E-state index contributed by atoms with van der Waals surface area (Å²) < 4.78 is 5.50. The first-order chi connectivity index (χ1) is 9.11. The second-order valence-electron chi connectivity index (χ2n) is 5.07. The Bertz CT molecular complexity index is 462. The molecule has 2 unspecified atom stereocenters. The van der Waals surface area contributed by atoms with Crippen LogP contribution < -0.4 is 5.32 Å². The quantitative estimate of drug-likeness (QED) is 0.669. The molecule has 1 saturated carbocycles. The maximum absolute atomic E-state index is 10.8. The normalized spacial score (nSPS) is 23.1. The van der Waals surface area contributed by atoms with E-state index in [1.165, 1.54) is 18.9 Å². The lowest BCUT2D eigenvalue weighted by molar-refractivity contribution is -0.384. The fraction of sp³-hybridized carbons (Fsp3) is 0.571. The van der Waals surface area contributed by atoms with Crippen molar-refractivity contribution in [3.8, 4) is 0 Å². The SMILES string of the molecule is COC1CCCCC1Nc1cc([N+](=O)[O-])ccc1C. The van der Waals surface area contributed by atoms with Gasteiger partial charge in [-0.05, 0) is 25.3 Å². The lowest BCUT2D eigenvalue weighted by Crippen LogP contribution is -2.37. The van der Waals surface area contributed by atoms with E-state index in [9.17, 15) is 10.1 Å². The van der Waals surface area contributed by atoms with Crippen LogP contribution >= 0.6 is 0 Å². The van der Waals surface area contributed by atoms with Crippen LogP contribution in [0.15, 0.2) is 18.2 Å². The van der Waals surface area contributed by atoms with E-state index in [2.05, 4.69) is 5.32 Å². The Morgan fingerprint density at radius 1 is 1.37 bits per heavy atom. The minimum Gasteiger partial charge on any atom is -0.379 e. The molecular weight excluding hydrogens is 244 g/mol. The third kappa shape index (κ3) is 3.23. The molecule has 1 aliphatic carbocycles. The van der Waals surface area contributed by atoms with Gasteiger partial charge >= 0.3 is 0 Å². The third-order valence-corrected chi connectivity index (χ3v) is 3.78. The summed E-state index contributed by atoms with van der Waals surface area (Å²) in [6.07, 6.45) is 4.63. The average molecular weight is 264 g/mol. The van der Waals surface area contributed by atoms with E-state index in [1.54, 1.807) is 19.2 Å².